The summed E-state index contributed by atoms with van der Waals surface area (Å²) in [5.41, 5.74) is 4.39. The lowest BCUT2D eigenvalue weighted by Gasteiger charge is -2.73. The number of carbonyl (C=O) groups is 1. The van der Waals surface area contributed by atoms with Gasteiger partial charge in [-0.25, -0.2) is 4.79 Å². The van der Waals surface area contributed by atoms with Crippen LogP contribution in [0.2, 0.25) is 0 Å². The third-order valence-electron chi connectivity index (χ3n) is 15.9. The van der Waals surface area contributed by atoms with Crippen LogP contribution in [-0.4, -0.2) is 30.4 Å². The van der Waals surface area contributed by atoms with Gasteiger partial charge in [-0.3, -0.25) is 0 Å². The molecule has 1 aromatic carbocycles. The number of aryl methyl sites for hydroxylation is 1. The van der Waals surface area contributed by atoms with Crippen molar-refractivity contribution in [2.45, 2.75) is 139 Å². The van der Waals surface area contributed by atoms with Crippen LogP contribution in [0.5, 0.6) is 5.75 Å². The van der Waals surface area contributed by atoms with Gasteiger partial charge in [0.1, 0.15) is 5.75 Å². The van der Waals surface area contributed by atoms with Gasteiger partial charge in [0, 0.05) is 5.41 Å². The minimum atomic E-state index is -0.250. The van der Waals surface area contributed by atoms with Crippen LogP contribution in [0.1, 0.15) is 137 Å². The quantitative estimate of drug-likeness (QED) is 0.240. The molecule has 46 heavy (non-hydrogen) atoms. The zero-order chi connectivity index (χ0) is 33.4. The number of esters is 1. The number of ether oxygens (including phenoxy) is 2. The second kappa shape index (κ2) is 11.7. The molecule has 0 heterocycles. The predicted octanol–water partition coefficient (Wildman–Crippen LogP) is 10.1. The lowest BCUT2D eigenvalue weighted by Crippen LogP contribution is -2.66. The summed E-state index contributed by atoms with van der Waals surface area (Å²) in [7, 11) is 0. The number of aliphatic hydroxyl groups excluding tert-OH is 1. The summed E-state index contributed by atoms with van der Waals surface area (Å²) in [6, 6.07) is 6.25. The van der Waals surface area contributed by atoms with Gasteiger partial charge in [-0.15, -0.1) is 0 Å². The van der Waals surface area contributed by atoms with E-state index >= 15 is 0 Å². The van der Waals surface area contributed by atoms with E-state index in [2.05, 4.69) is 81.0 Å². The maximum absolute atomic E-state index is 13.3. The van der Waals surface area contributed by atoms with Crippen molar-refractivity contribution in [3.05, 3.63) is 41.5 Å². The van der Waals surface area contributed by atoms with Crippen molar-refractivity contribution in [3.63, 3.8) is 0 Å². The zero-order valence-corrected chi connectivity index (χ0v) is 30.6. The van der Waals surface area contributed by atoms with Crippen LogP contribution in [0, 0.1) is 63.6 Å². The summed E-state index contributed by atoms with van der Waals surface area (Å²) in [4.78, 5) is 13.3. The summed E-state index contributed by atoms with van der Waals surface area (Å²) < 4.78 is 12.3. The van der Waals surface area contributed by atoms with Crippen LogP contribution < -0.4 is 4.74 Å². The largest absolute Gasteiger partial charge is 0.482 e. The SMILES string of the molecule is C=C(C)[C@@H]1CC[C@]2(COC(=O)COc3cc(C)ccc3C(C)C)CC[C@]3(C)C(CCC4C5(C)CCC(O)C(C)(C)C5CCC43C)C12. The van der Waals surface area contributed by atoms with Gasteiger partial charge in [0.15, 0.2) is 6.61 Å². The number of hydrogen-bond acceptors (Lipinski definition) is 4. The Balaban J connectivity index is 1.23. The molecule has 7 unspecified atom stereocenters. The fraction of sp³-hybridized carbons (Fsp3) is 0.786. The van der Waals surface area contributed by atoms with Crippen molar-refractivity contribution in [1.82, 2.24) is 0 Å². The smallest absolute Gasteiger partial charge is 0.344 e. The van der Waals surface area contributed by atoms with Crippen LogP contribution in [-0.2, 0) is 9.53 Å². The fourth-order valence-electron chi connectivity index (χ4n) is 13.2. The van der Waals surface area contributed by atoms with Crippen LogP contribution >= 0.6 is 0 Å². The highest BCUT2D eigenvalue weighted by Gasteiger charge is 2.71. The molecule has 4 heteroatoms. The molecule has 256 valence electrons. The first kappa shape index (κ1) is 34.1. The molecule has 5 saturated carbocycles. The van der Waals surface area contributed by atoms with Gasteiger partial charge < -0.3 is 14.6 Å². The number of aliphatic hydroxyl groups is 1. The van der Waals surface area contributed by atoms with Crippen molar-refractivity contribution in [2.75, 3.05) is 13.2 Å². The van der Waals surface area contributed by atoms with Crippen molar-refractivity contribution in [1.29, 1.82) is 0 Å². The Kier molecular flexibility index (Phi) is 8.64. The highest BCUT2D eigenvalue weighted by atomic mass is 16.6. The first-order valence-electron chi connectivity index (χ1n) is 18.7. The van der Waals surface area contributed by atoms with Crippen LogP contribution in [0.4, 0.5) is 0 Å². The summed E-state index contributed by atoms with van der Waals surface area (Å²) >= 11 is 0. The number of carbonyl (C=O) groups excluding carboxylic acids is 1. The van der Waals surface area contributed by atoms with E-state index in [1.54, 1.807) is 0 Å². The predicted molar refractivity (Wildman–Crippen MR) is 187 cm³/mol. The monoisotopic (exact) mass is 632 g/mol. The van der Waals surface area contributed by atoms with Crippen molar-refractivity contribution in [2.24, 2.45) is 56.7 Å². The van der Waals surface area contributed by atoms with Gasteiger partial charge in [0.2, 0.25) is 0 Å². The van der Waals surface area contributed by atoms with Gasteiger partial charge in [0.05, 0.1) is 12.7 Å². The molecule has 0 amide bonds. The Morgan fingerprint density at radius 1 is 0.935 bits per heavy atom. The average Bonchev–Trinajstić information content (AvgIpc) is 3.38. The second-order valence-electron chi connectivity index (χ2n) is 18.6. The third kappa shape index (κ3) is 5.04. The lowest BCUT2D eigenvalue weighted by atomic mass is 9.32. The van der Waals surface area contributed by atoms with Crippen molar-refractivity contribution in [3.8, 4) is 5.75 Å². The molecule has 6 rings (SSSR count). The molecule has 1 N–H and O–H groups in total. The van der Waals surface area contributed by atoms with Gasteiger partial charge in [-0.1, -0.05) is 72.8 Å². The number of hydrogen-bond donors (Lipinski definition) is 1. The first-order chi connectivity index (χ1) is 21.5. The standard InChI is InChI=1S/C42H64O4/c1-26(2)29-12-11-28(5)23-32(29)45-24-36(44)46-25-42-20-15-30(27(3)4)37(42)31-13-14-34-39(8)18-17-35(43)38(6,7)33(39)16-19-41(34,10)40(31,9)21-22-42/h11-12,23,26,30-31,33-35,37,43H,3,13-22,24-25H2,1-2,4-10H3/t30-,31?,33?,34?,35?,37?,39?,40+,41?,42+/m0/s1. The van der Waals surface area contributed by atoms with Crippen LogP contribution in [0.25, 0.3) is 0 Å². The van der Waals surface area contributed by atoms with Gasteiger partial charge in [-0.05, 0) is 152 Å². The average molecular weight is 633 g/mol. The lowest BCUT2D eigenvalue weighted by molar-refractivity contribution is -0.250. The highest BCUT2D eigenvalue weighted by molar-refractivity contribution is 5.71. The molecule has 1 aromatic rings. The van der Waals surface area contributed by atoms with E-state index in [-0.39, 0.29) is 45.8 Å². The third-order valence-corrected chi connectivity index (χ3v) is 15.9. The molecule has 5 fully saturated rings. The van der Waals surface area contributed by atoms with E-state index in [1.807, 2.05) is 6.07 Å². The van der Waals surface area contributed by atoms with E-state index in [9.17, 15) is 9.90 Å². The molecule has 0 radical (unpaired) electrons. The molecular formula is C42H64O4. The van der Waals surface area contributed by atoms with E-state index < -0.39 is 0 Å². The maximum Gasteiger partial charge on any atom is 0.344 e. The minimum Gasteiger partial charge on any atom is -0.482 e. The molecule has 5 aliphatic carbocycles. The molecule has 5 aliphatic rings. The molecule has 0 saturated heterocycles. The van der Waals surface area contributed by atoms with Gasteiger partial charge >= 0.3 is 5.97 Å². The zero-order valence-electron chi connectivity index (χ0n) is 30.6. The number of allylic oxidation sites excluding steroid dienone is 1. The Labute approximate surface area is 280 Å². The summed E-state index contributed by atoms with van der Waals surface area (Å²) in [5, 5.41) is 11.1. The number of benzene rings is 1. The van der Waals surface area contributed by atoms with Crippen molar-refractivity contribution >= 4 is 5.97 Å². The fourth-order valence-corrected chi connectivity index (χ4v) is 13.2. The minimum absolute atomic E-state index is 0.0202. The Hall–Kier alpha value is -1.81. The van der Waals surface area contributed by atoms with E-state index in [0.29, 0.717) is 42.1 Å². The normalized spacial score (nSPS) is 42.8. The molecular weight excluding hydrogens is 568 g/mol. The summed E-state index contributed by atoms with van der Waals surface area (Å²) in [6.45, 7) is 26.3. The molecule has 4 nitrogen and oxygen atoms in total. The van der Waals surface area contributed by atoms with E-state index in [0.717, 1.165) is 49.0 Å². The highest BCUT2D eigenvalue weighted by Crippen LogP contribution is 2.77. The first-order valence-corrected chi connectivity index (χ1v) is 18.7. The Morgan fingerprint density at radius 2 is 1.67 bits per heavy atom. The van der Waals surface area contributed by atoms with Crippen molar-refractivity contribution < 1.29 is 19.4 Å². The Bertz CT molecular complexity index is 1340. The van der Waals surface area contributed by atoms with E-state index in [1.165, 1.54) is 37.7 Å². The molecule has 0 aromatic heterocycles. The number of fused-ring (bicyclic) bond motifs is 7. The molecule has 0 aliphatic heterocycles. The molecule has 0 spiro atoms. The Morgan fingerprint density at radius 3 is 2.37 bits per heavy atom. The second-order valence-corrected chi connectivity index (χ2v) is 18.6. The molecule has 0 bridgehead atoms. The maximum atomic E-state index is 13.3. The number of rotatable bonds is 7. The van der Waals surface area contributed by atoms with Gasteiger partial charge in [0.25, 0.3) is 0 Å². The van der Waals surface area contributed by atoms with Gasteiger partial charge in [-0.2, -0.15) is 0 Å². The summed E-state index contributed by atoms with van der Waals surface area (Å²) in [6.07, 6.45) is 11.6. The van der Waals surface area contributed by atoms with Crippen LogP contribution in [0.3, 0.4) is 0 Å². The van der Waals surface area contributed by atoms with E-state index in [4.69, 9.17) is 9.47 Å². The topological polar surface area (TPSA) is 55.8 Å². The molecule has 10 atom stereocenters. The van der Waals surface area contributed by atoms with Crippen LogP contribution in [0.15, 0.2) is 30.4 Å². The summed E-state index contributed by atoms with van der Waals surface area (Å²) in [5.74, 6) is 3.76.